The quantitative estimate of drug-likeness (QED) is 0.596. The third kappa shape index (κ3) is 5.57. The summed E-state index contributed by atoms with van der Waals surface area (Å²) in [5, 5.41) is 0. The molecule has 0 radical (unpaired) electrons. The van der Waals surface area contributed by atoms with Gasteiger partial charge in [-0.2, -0.15) is 0 Å². The van der Waals surface area contributed by atoms with Crippen LogP contribution in [0.15, 0.2) is 53.6 Å². The molecule has 1 amide bonds. The number of hydrogen-bond acceptors (Lipinski definition) is 2. The summed E-state index contributed by atoms with van der Waals surface area (Å²) in [6, 6.07) is 9.49. The van der Waals surface area contributed by atoms with Crippen LogP contribution in [0.5, 0.6) is 0 Å². The molecule has 1 heterocycles. The molecule has 26 heavy (non-hydrogen) atoms. The molecule has 0 spiro atoms. The van der Waals surface area contributed by atoms with Gasteiger partial charge in [-0.1, -0.05) is 55.3 Å². The highest BCUT2D eigenvalue weighted by Gasteiger charge is 2.40. The van der Waals surface area contributed by atoms with Crippen LogP contribution < -0.4 is 0 Å². The predicted molar refractivity (Wildman–Crippen MR) is 108 cm³/mol. The van der Waals surface area contributed by atoms with Crippen molar-refractivity contribution in [3.8, 4) is 0 Å². The Morgan fingerprint density at radius 1 is 1.19 bits per heavy atom. The molecule has 1 aromatic rings. The molecule has 1 aliphatic heterocycles. The van der Waals surface area contributed by atoms with Gasteiger partial charge in [0.15, 0.2) is 0 Å². The summed E-state index contributed by atoms with van der Waals surface area (Å²) in [5.74, 6) is 0.0606. The zero-order valence-corrected chi connectivity index (χ0v) is 16.9. The minimum atomic E-state index is -0.183. The van der Waals surface area contributed by atoms with Crippen LogP contribution in [0.2, 0.25) is 0 Å². The Morgan fingerprint density at radius 2 is 1.88 bits per heavy atom. The predicted octanol–water partition coefficient (Wildman–Crippen LogP) is 5.59. The first kappa shape index (κ1) is 20.4. The van der Waals surface area contributed by atoms with Gasteiger partial charge in [0, 0.05) is 17.5 Å². The Hall–Kier alpha value is -1.87. The van der Waals surface area contributed by atoms with Gasteiger partial charge in [-0.25, -0.2) is 0 Å². The number of rotatable bonds is 7. The lowest BCUT2D eigenvalue weighted by Gasteiger charge is -2.36. The molecule has 1 fully saturated rings. The van der Waals surface area contributed by atoms with Crippen LogP contribution >= 0.6 is 0 Å². The standard InChI is InChI=1S/C23H33NO2/c1-18(2)10-9-11-19(3)14-15-23(4,5)22-24(16-17-26-22)21(25)20-12-7-6-8-13-20/h6-8,10,12-14,22H,9,11,15-17H2,1-5H3/b19-14+. The second-order valence-corrected chi connectivity index (χ2v) is 8.15. The molecular formula is C23H33NO2. The summed E-state index contributed by atoms with van der Waals surface area (Å²) < 4.78 is 5.98. The van der Waals surface area contributed by atoms with E-state index in [1.165, 1.54) is 11.1 Å². The molecule has 142 valence electrons. The van der Waals surface area contributed by atoms with Crippen LogP contribution in [-0.4, -0.2) is 30.2 Å². The van der Waals surface area contributed by atoms with Gasteiger partial charge in [-0.15, -0.1) is 0 Å². The Balaban J connectivity index is 2.02. The van der Waals surface area contributed by atoms with E-state index in [0.717, 1.165) is 24.8 Å². The molecule has 0 bridgehead atoms. The lowest BCUT2D eigenvalue weighted by molar-refractivity contribution is -0.0425. The van der Waals surface area contributed by atoms with Crippen molar-refractivity contribution in [3.63, 3.8) is 0 Å². The Kier molecular flexibility index (Phi) is 7.22. The molecule has 1 aliphatic rings. The van der Waals surface area contributed by atoms with Crippen molar-refractivity contribution in [2.24, 2.45) is 5.41 Å². The maximum absolute atomic E-state index is 12.9. The van der Waals surface area contributed by atoms with Crippen molar-refractivity contribution in [1.82, 2.24) is 4.90 Å². The minimum Gasteiger partial charge on any atom is -0.356 e. The fourth-order valence-electron chi connectivity index (χ4n) is 3.30. The Morgan fingerprint density at radius 3 is 2.54 bits per heavy atom. The average Bonchev–Trinajstić information content (AvgIpc) is 3.10. The van der Waals surface area contributed by atoms with E-state index in [-0.39, 0.29) is 17.6 Å². The zero-order chi connectivity index (χ0) is 19.2. The SMILES string of the molecule is CC(C)=CCC/C(C)=C/CC(C)(C)C1OCCN1C(=O)c1ccccc1. The van der Waals surface area contributed by atoms with Crippen LogP contribution in [0.1, 0.15) is 64.2 Å². The van der Waals surface area contributed by atoms with E-state index in [9.17, 15) is 4.79 Å². The normalized spacial score (nSPS) is 18.1. The Bertz CT molecular complexity index is 654. The summed E-state index contributed by atoms with van der Waals surface area (Å²) in [4.78, 5) is 14.8. The van der Waals surface area contributed by atoms with Gasteiger partial charge < -0.3 is 9.64 Å². The summed E-state index contributed by atoms with van der Waals surface area (Å²) >= 11 is 0. The van der Waals surface area contributed by atoms with Gasteiger partial charge >= 0.3 is 0 Å². The molecule has 1 unspecified atom stereocenters. The monoisotopic (exact) mass is 355 g/mol. The highest BCUT2D eigenvalue weighted by molar-refractivity contribution is 5.94. The van der Waals surface area contributed by atoms with Gasteiger partial charge in [-0.05, 0) is 52.2 Å². The van der Waals surface area contributed by atoms with E-state index in [2.05, 4.69) is 46.8 Å². The third-order valence-electron chi connectivity index (χ3n) is 4.91. The van der Waals surface area contributed by atoms with Crippen LogP contribution in [0.4, 0.5) is 0 Å². The third-order valence-corrected chi connectivity index (χ3v) is 4.91. The van der Waals surface area contributed by atoms with Crippen molar-refractivity contribution < 1.29 is 9.53 Å². The maximum Gasteiger partial charge on any atom is 0.255 e. The van der Waals surface area contributed by atoms with E-state index in [4.69, 9.17) is 4.74 Å². The van der Waals surface area contributed by atoms with Crippen molar-refractivity contribution in [3.05, 3.63) is 59.2 Å². The highest BCUT2D eigenvalue weighted by atomic mass is 16.5. The highest BCUT2D eigenvalue weighted by Crippen LogP contribution is 2.34. The van der Waals surface area contributed by atoms with Gasteiger partial charge in [0.2, 0.25) is 0 Å². The zero-order valence-electron chi connectivity index (χ0n) is 16.9. The second-order valence-electron chi connectivity index (χ2n) is 8.15. The van der Waals surface area contributed by atoms with Gasteiger partial charge in [-0.3, -0.25) is 4.79 Å². The molecule has 3 heteroatoms. The summed E-state index contributed by atoms with van der Waals surface area (Å²) in [5.41, 5.74) is 3.37. The van der Waals surface area contributed by atoms with Crippen molar-refractivity contribution in [2.45, 2.75) is 60.1 Å². The van der Waals surface area contributed by atoms with E-state index in [1.54, 1.807) is 0 Å². The molecule has 3 nitrogen and oxygen atoms in total. The fourth-order valence-corrected chi connectivity index (χ4v) is 3.30. The number of carbonyl (C=O) groups is 1. The van der Waals surface area contributed by atoms with Crippen LogP contribution in [-0.2, 0) is 4.74 Å². The first-order valence-electron chi connectivity index (χ1n) is 9.58. The summed E-state index contributed by atoms with van der Waals surface area (Å²) in [6.45, 7) is 12.1. The fraction of sp³-hybridized carbons (Fsp3) is 0.522. The van der Waals surface area contributed by atoms with Crippen molar-refractivity contribution >= 4 is 5.91 Å². The largest absolute Gasteiger partial charge is 0.356 e. The first-order valence-corrected chi connectivity index (χ1v) is 9.58. The molecule has 1 atom stereocenters. The topological polar surface area (TPSA) is 29.5 Å². The van der Waals surface area contributed by atoms with Crippen LogP contribution in [0.25, 0.3) is 0 Å². The van der Waals surface area contributed by atoms with E-state index in [1.807, 2.05) is 35.2 Å². The number of nitrogens with zero attached hydrogens (tertiary/aromatic N) is 1. The van der Waals surface area contributed by atoms with E-state index < -0.39 is 0 Å². The summed E-state index contributed by atoms with van der Waals surface area (Å²) in [7, 11) is 0. The number of carbonyl (C=O) groups excluding carboxylic acids is 1. The first-order chi connectivity index (χ1) is 12.3. The lowest BCUT2D eigenvalue weighted by Crippen LogP contribution is -2.45. The smallest absolute Gasteiger partial charge is 0.255 e. The van der Waals surface area contributed by atoms with Crippen LogP contribution in [0.3, 0.4) is 0 Å². The second kappa shape index (κ2) is 9.18. The minimum absolute atomic E-state index is 0.0606. The van der Waals surface area contributed by atoms with E-state index in [0.29, 0.717) is 13.2 Å². The lowest BCUT2D eigenvalue weighted by atomic mass is 9.85. The molecule has 0 aliphatic carbocycles. The number of benzene rings is 1. The van der Waals surface area contributed by atoms with Gasteiger partial charge in [0.1, 0.15) is 6.23 Å². The molecule has 0 aromatic heterocycles. The number of allylic oxidation sites excluding steroid dienone is 4. The Labute approximate surface area is 158 Å². The van der Waals surface area contributed by atoms with E-state index >= 15 is 0 Å². The molecular weight excluding hydrogens is 322 g/mol. The number of hydrogen-bond donors (Lipinski definition) is 0. The van der Waals surface area contributed by atoms with Crippen molar-refractivity contribution in [1.29, 1.82) is 0 Å². The average molecular weight is 356 g/mol. The van der Waals surface area contributed by atoms with Crippen molar-refractivity contribution in [2.75, 3.05) is 13.2 Å². The molecule has 1 aromatic carbocycles. The van der Waals surface area contributed by atoms with Gasteiger partial charge in [0.05, 0.1) is 6.61 Å². The molecule has 2 rings (SSSR count). The molecule has 1 saturated heterocycles. The molecule has 0 saturated carbocycles. The molecule has 0 N–H and O–H groups in total. The van der Waals surface area contributed by atoms with Crippen LogP contribution in [0, 0.1) is 5.41 Å². The maximum atomic E-state index is 12.9. The summed E-state index contributed by atoms with van der Waals surface area (Å²) in [6.07, 6.45) is 7.48. The van der Waals surface area contributed by atoms with Gasteiger partial charge in [0.25, 0.3) is 5.91 Å². The number of amides is 1. The number of ether oxygens (including phenoxy) is 1.